The number of hydrogen-bond donors (Lipinski definition) is 0. The van der Waals surface area contributed by atoms with Crippen LogP contribution in [0.15, 0.2) is 0 Å². The Kier molecular flexibility index (Phi) is 22.8. The van der Waals surface area contributed by atoms with Gasteiger partial charge in [-0.05, 0) is 24.5 Å². The fraction of sp³-hybridized carbons (Fsp3) is 0.667. The van der Waals surface area contributed by atoms with Crippen molar-refractivity contribution in [3.8, 4) is 0 Å². The highest BCUT2D eigenvalue weighted by atomic mass is 16.4. The van der Waals surface area contributed by atoms with E-state index in [1.54, 1.807) is 6.92 Å². The van der Waals surface area contributed by atoms with Crippen LogP contribution in [0.5, 0.6) is 0 Å². The highest BCUT2D eigenvalue weighted by molar-refractivity contribution is 5.66. The minimum Gasteiger partial charge on any atom is -0.724 e. The number of isocyanates is 2. The molecular formula is C9H13N2O4-3. The van der Waals surface area contributed by atoms with Crippen molar-refractivity contribution >= 4 is 18.1 Å². The fourth-order valence-corrected chi connectivity index (χ4v) is 0.628. The Balaban J connectivity index is -0.000000200. The topological polar surface area (TPSA) is 119 Å². The van der Waals surface area contributed by atoms with Gasteiger partial charge in [0.05, 0.1) is 0 Å². The summed E-state index contributed by atoms with van der Waals surface area (Å²) in [7, 11) is 0. The molecular weight excluding hydrogens is 200 g/mol. The summed E-state index contributed by atoms with van der Waals surface area (Å²) in [4.78, 5) is 26.6. The van der Waals surface area contributed by atoms with E-state index < -0.39 is 5.97 Å². The van der Waals surface area contributed by atoms with E-state index in [-0.39, 0.29) is 5.92 Å². The lowest BCUT2D eigenvalue weighted by Crippen LogP contribution is -2.29. The van der Waals surface area contributed by atoms with Crippen molar-refractivity contribution in [3.63, 3.8) is 0 Å². The molecule has 1 atom stereocenters. The Morgan fingerprint density at radius 2 is 1.67 bits per heavy atom. The number of nitrogens with zero attached hydrogens (tertiary/aromatic N) is 2. The second-order valence-corrected chi connectivity index (χ2v) is 2.54. The lowest BCUT2D eigenvalue weighted by atomic mass is 10.1. The number of hydrogen-bond acceptors (Lipinski definition) is 4. The number of rotatable bonds is 4. The average molecular weight is 213 g/mol. The molecule has 0 spiro atoms. The maximum absolute atomic E-state index is 10.1. The zero-order valence-corrected chi connectivity index (χ0v) is 8.73. The van der Waals surface area contributed by atoms with Crippen molar-refractivity contribution in [3.05, 3.63) is 10.8 Å². The van der Waals surface area contributed by atoms with Gasteiger partial charge in [0.25, 0.3) is 0 Å². The van der Waals surface area contributed by atoms with E-state index in [1.807, 2.05) is 6.92 Å². The SMILES string of the molecule is CCCCC(C)C(=O)[O-].[N-]=C=O.[N-]=C=O. The molecule has 0 aliphatic rings. The molecule has 1 unspecified atom stereocenters. The molecule has 0 amide bonds. The summed E-state index contributed by atoms with van der Waals surface area (Å²) in [6, 6.07) is 0. The first-order chi connectivity index (χ1) is 7.01. The zero-order chi connectivity index (χ0) is 12.7. The first-order valence-electron chi connectivity index (χ1n) is 4.25. The fourth-order valence-electron chi connectivity index (χ4n) is 0.628. The zero-order valence-electron chi connectivity index (χ0n) is 8.73. The molecule has 6 heteroatoms. The highest BCUT2D eigenvalue weighted by Gasteiger charge is 1.99. The molecule has 0 aromatic rings. The van der Waals surface area contributed by atoms with Crippen LogP contribution >= 0.6 is 0 Å². The van der Waals surface area contributed by atoms with Crippen molar-refractivity contribution in [1.29, 1.82) is 0 Å². The number of carboxylic acids is 1. The van der Waals surface area contributed by atoms with Crippen LogP contribution in [0, 0.1) is 5.92 Å². The molecule has 0 rings (SSSR count). The van der Waals surface area contributed by atoms with Crippen LogP contribution in [0.4, 0.5) is 0 Å². The number of carbonyl (C=O) groups excluding carboxylic acids is 3. The lowest BCUT2D eigenvalue weighted by Gasteiger charge is -2.10. The van der Waals surface area contributed by atoms with Gasteiger partial charge >= 0.3 is 0 Å². The van der Waals surface area contributed by atoms with Crippen molar-refractivity contribution in [2.75, 3.05) is 0 Å². The van der Waals surface area contributed by atoms with Gasteiger partial charge in [0.15, 0.2) is 0 Å². The third kappa shape index (κ3) is 33.0. The number of aliphatic carboxylic acids is 1. The van der Waals surface area contributed by atoms with Gasteiger partial charge in [-0.3, -0.25) is 9.59 Å². The van der Waals surface area contributed by atoms with E-state index in [2.05, 4.69) is 0 Å². The molecule has 6 nitrogen and oxygen atoms in total. The Labute approximate surface area is 88.3 Å². The molecule has 0 heterocycles. The largest absolute Gasteiger partial charge is 0.724 e. The van der Waals surface area contributed by atoms with Gasteiger partial charge < -0.3 is 20.7 Å². The summed E-state index contributed by atoms with van der Waals surface area (Å²) in [5, 5.41) is 23.6. The molecule has 0 bridgehead atoms. The highest BCUT2D eigenvalue weighted by Crippen LogP contribution is 2.05. The van der Waals surface area contributed by atoms with Crippen LogP contribution in [-0.4, -0.2) is 18.1 Å². The van der Waals surface area contributed by atoms with Crippen LogP contribution in [0.3, 0.4) is 0 Å². The smallest absolute Gasteiger partial charge is 0.0442 e. The van der Waals surface area contributed by atoms with Crippen molar-refractivity contribution in [2.24, 2.45) is 5.92 Å². The summed E-state index contributed by atoms with van der Waals surface area (Å²) in [5.74, 6) is -1.20. The molecule has 0 aromatic heterocycles. The van der Waals surface area contributed by atoms with Gasteiger partial charge in [0.1, 0.15) is 0 Å². The molecule has 0 aliphatic carbocycles. The van der Waals surface area contributed by atoms with E-state index in [4.69, 9.17) is 20.4 Å². The van der Waals surface area contributed by atoms with Crippen LogP contribution < -0.4 is 5.11 Å². The van der Waals surface area contributed by atoms with E-state index in [9.17, 15) is 9.90 Å². The molecule has 86 valence electrons. The van der Waals surface area contributed by atoms with Gasteiger partial charge in [0.2, 0.25) is 0 Å². The molecule has 0 aromatic carbocycles. The molecule has 0 saturated carbocycles. The first kappa shape index (κ1) is 18.9. The summed E-state index contributed by atoms with van der Waals surface area (Å²) in [6.45, 7) is 3.73. The summed E-state index contributed by atoms with van der Waals surface area (Å²) < 4.78 is 0. The van der Waals surface area contributed by atoms with E-state index in [0.29, 0.717) is 12.2 Å². The van der Waals surface area contributed by atoms with Gasteiger partial charge in [0, 0.05) is 5.97 Å². The lowest BCUT2D eigenvalue weighted by molar-refractivity contribution is -0.311. The molecule has 0 aliphatic heterocycles. The minimum absolute atomic E-state index is 0.273. The molecule has 15 heavy (non-hydrogen) atoms. The predicted molar refractivity (Wildman–Crippen MR) is 51.8 cm³/mol. The standard InChI is InChI=1S/C7H14O2.2CNO/c1-3-4-5-6(2)7(8)9;2*2-1-3/h6H,3-5H2,1-2H3,(H,8,9);;/q;2*-1/p-1. The maximum atomic E-state index is 10.1. The van der Waals surface area contributed by atoms with E-state index in [0.717, 1.165) is 19.3 Å². The van der Waals surface area contributed by atoms with Crippen LogP contribution in [0.25, 0.3) is 10.8 Å². The number of carbonyl (C=O) groups is 1. The van der Waals surface area contributed by atoms with Crippen LogP contribution in [0.2, 0.25) is 0 Å². The average Bonchev–Trinajstić information content (AvgIpc) is 2.16. The maximum Gasteiger partial charge on any atom is 0.0442 e. The van der Waals surface area contributed by atoms with Crippen molar-refractivity contribution < 1.29 is 19.5 Å². The summed E-state index contributed by atoms with van der Waals surface area (Å²) in [5.41, 5.74) is 0. The molecule has 0 N–H and O–H groups in total. The van der Waals surface area contributed by atoms with Crippen LogP contribution in [-0.2, 0) is 14.4 Å². The second kappa shape index (κ2) is 18.1. The van der Waals surface area contributed by atoms with Gasteiger partial charge in [-0.1, -0.05) is 26.7 Å². The third-order valence-corrected chi connectivity index (χ3v) is 1.39. The Morgan fingerprint density at radius 1 is 1.33 bits per heavy atom. The molecule has 0 fully saturated rings. The Hall–Kier alpha value is -1.77. The summed E-state index contributed by atoms with van der Waals surface area (Å²) >= 11 is 0. The van der Waals surface area contributed by atoms with Crippen LogP contribution in [0.1, 0.15) is 33.1 Å². The number of unbranched alkanes of at least 4 members (excludes halogenated alkanes) is 1. The normalized spacial score (nSPS) is 8.93. The van der Waals surface area contributed by atoms with Gasteiger partial charge in [-0.2, -0.15) is 0 Å². The van der Waals surface area contributed by atoms with Crippen molar-refractivity contribution in [1.82, 2.24) is 0 Å². The van der Waals surface area contributed by atoms with Crippen molar-refractivity contribution in [2.45, 2.75) is 33.1 Å². The van der Waals surface area contributed by atoms with Gasteiger partial charge in [-0.15, -0.1) is 0 Å². The second-order valence-electron chi connectivity index (χ2n) is 2.54. The Bertz CT molecular complexity index is 204. The summed E-state index contributed by atoms with van der Waals surface area (Å²) in [6.07, 6.45) is 3.78. The first-order valence-corrected chi connectivity index (χ1v) is 4.25. The molecule has 0 saturated heterocycles. The minimum atomic E-state index is -0.927. The monoisotopic (exact) mass is 213 g/mol. The van der Waals surface area contributed by atoms with Gasteiger partial charge in [-0.25, -0.2) is 0 Å². The predicted octanol–water partition coefficient (Wildman–Crippen LogP) is 0.346. The third-order valence-electron chi connectivity index (χ3n) is 1.39. The Morgan fingerprint density at radius 3 is 1.87 bits per heavy atom. The molecule has 0 radical (unpaired) electrons. The number of carboxylic acid groups (broad SMARTS) is 1. The quantitative estimate of drug-likeness (QED) is 0.494. The van der Waals surface area contributed by atoms with E-state index >= 15 is 0 Å². The van der Waals surface area contributed by atoms with E-state index in [1.165, 1.54) is 0 Å².